The number of rotatable bonds is 7. The summed E-state index contributed by atoms with van der Waals surface area (Å²) in [5.41, 5.74) is 5.38. The maximum Gasteiger partial charge on any atom is 0.0624 e. The van der Waals surface area contributed by atoms with Crippen LogP contribution in [-0.4, -0.2) is 15.8 Å². The molecule has 0 aliphatic heterocycles. The van der Waals surface area contributed by atoms with Crippen molar-refractivity contribution in [3.8, 4) is 0 Å². The van der Waals surface area contributed by atoms with Crippen LogP contribution in [0.5, 0.6) is 0 Å². The van der Waals surface area contributed by atoms with Crippen molar-refractivity contribution in [3.63, 3.8) is 0 Å². The Bertz CT molecular complexity index is 328. The Balaban J connectivity index is 2.75. The topological polar surface area (TPSA) is 55.9 Å². The molecular formula is C13H26N4. The lowest BCUT2D eigenvalue weighted by Crippen LogP contribution is -2.42. The van der Waals surface area contributed by atoms with Crippen LogP contribution in [-0.2, 0) is 19.9 Å². The summed E-state index contributed by atoms with van der Waals surface area (Å²) >= 11 is 0. The molecular weight excluding hydrogens is 212 g/mol. The van der Waals surface area contributed by atoms with Gasteiger partial charge in [0.25, 0.3) is 0 Å². The molecule has 0 amide bonds. The summed E-state index contributed by atoms with van der Waals surface area (Å²) in [5, 5.41) is 4.48. The van der Waals surface area contributed by atoms with E-state index in [1.165, 1.54) is 5.69 Å². The molecule has 0 aromatic carbocycles. The smallest absolute Gasteiger partial charge is 0.0624 e. The van der Waals surface area contributed by atoms with Gasteiger partial charge >= 0.3 is 0 Å². The van der Waals surface area contributed by atoms with Gasteiger partial charge in [-0.2, -0.15) is 5.10 Å². The zero-order valence-electron chi connectivity index (χ0n) is 11.5. The molecule has 0 fully saturated rings. The van der Waals surface area contributed by atoms with Gasteiger partial charge in [0.1, 0.15) is 0 Å². The Morgan fingerprint density at radius 2 is 2.00 bits per heavy atom. The molecule has 1 aromatic rings. The molecule has 17 heavy (non-hydrogen) atoms. The molecule has 0 aliphatic rings. The van der Waals surface area contributed by atoms with Gasteiger partial charge in [0, 0.05) is 25.2 Å². The first-order valence-electron chi connectivity index (χ1n) is 6.64. The average Bonchev–Trinajstić information content (AvgIpc) is 2.70. The number of aryl methyl sites for hydroxylation is 2. The van der Waals surface area contributed by atoms with E-state index in [9.17, 15) is 0 Å². The predicted molar refractivity (Wildman–Crippen MR) is 71.5 cm³/mol. The molecule has 1 rings (SSSR count). The quantitative estimate of drug-likeness (QED) is 0.562. The predicted octanol–water partition coefficient (Wildman–Crippen LogP) is 1.79. The van der Waals surface area contributed by atoms with E-state index in [4.69, 9.17) is 5.84 Å². The minimum atomic E-state index is 0.338. The van der Waals surface area contributed by atoms with E-state index < -0.39 is 0 Å². The summed E-state index contributed by atoms with van der Waals surface area (Å²) in [6, 6.07) is 2.53. The molecule has 0 saturated heterocycles. The molecule has 0 aliphatic carbocycles. The molecule has 0 spiro atoms. The van der Waals surface area contributed by atoms with Crippen molar-refractivity contribution in [1.29, 1.82) is 0 Å². The van der Waals surface area contributed by atoms with Crippen LogP contribution in [0.4, 0.5) is 0 Å². The first kappa shape index (κ1) is 14.2. The van der Waals surface area contributed by atoms with Gasteiger partial charge in [-0.05, 0) is 18.4 Å². The van der Waals surface area contributed by atoms with Gasteiger partial charge in [0.05, 0.1) is 5.69 Å². The second-order valence-electron chi connectivity index (χ2n) is 4.66. The van der Waals surface area contributed by atoms with E-state index in [0.29, 0.717) is 12.0 Å². The fourth-order valence-electron chi connectivity index (χ4n) is 2.38. The Kier molecular flexibility index (Phi) is 5.65. The van der Waals surface area contributed by atoms with Crippen LogP contribution < -0.4 is 11.3 Å². The van der Waals surface area contributed by atoms with Crippen LogP contribution in [0.25, 0.3) is 0 Å². The highest BCUT2D eigenvalue weighted by atomic mass is 15.3. The molecule has 0 radical (unpaired) electrons. The average molecular weight is 238 g/mol. The normalized spacial score (nSPS) is 13.3. The van der Waals surface area contributed by atoms with E-state index in [1.54, 1.807) is 0 Å². The first-order chi connectivity index (χ1) is 8.15. The van der Waals surface area contributed by atoms with Crippen LogP contribution in [0.3, 0.4) is 0 Å². The molecule has 1 heterocycles. The Morgan fingerprint density at radius 1 is 1.35 bits per heavy atom. The lowest BCUT2D eigenvalue weighted by molar-refractivity contribution is 0.331. The van der Waals surface area contributed by atoms with Crippen LogP contribution in [0.15, 0.2) is 6.07 Å². The maximum absolute atomic E-state index is 5.68. The van der Waals surface area contributed by atoms with Crippen molar-refractivity contribution in [3.05, 3.63) is 17.5 Å². The largest absolute Gasteiger partial charge is 0.272 e. The van der Waals surface area contributed by atoms with Crippen molar-refractivity contribution < 1.29 is 0 Å². The lowest BCUT2D eigenvalue weighted by atomic mass is 9.91. The Labute approximate surface area is 105 Å². The first-order valence-corrected chi connectivity index (χ1v) is 6.64. The zero-order valence-corrected chi connectivity index (χ0v) is 11.5. The van der Waals surface area contributed by atoms with Gasteiger partial charge in [0.2, 0.25) is 0 Å². The molecule has 3 N–H and O–H groups in total. The van der Waals surface area contributed by atoms with Crippen LogP contribution in [0.2, 0.25) is 0 Å². The number of hydrazine groups is 1. The molecule has 4 heteroatoms. The van der Waals surface area contributed by atoms with E-state index >= 15 is 0 Å². The Morgan fingerprint density at radius 3 is 2.41 bits per heavy atom. The molecule has 0 bridgehead atoms. The van der Waals surface area contributed by atoms with Gasteiger partial charge in [-0.15, -0.1) is 0 Å². The number of nitrogens with one attached hydrogen (secondary N) is 1. The third-order valence-corrected chi connectivity index (χ3v) is 3.65. The van der Waals surface area contributed by atoms with Crippen molar-refractivity contribution in [1.82, 2.24) is 15.2 Å². The highest BCUT2D eigenvalue weighted by Gasteiger charge is 2.19. The fraction of sp³-hybridized carbons (Fsp3) is 0.769. The maximum atomic E-state index is 5.68. The van der Waals surface area contributed by atoms with Crippen LogP contribution in [0, 0.1) is 5.92 Å². The molecule has 1 atom stereocenters. The number of aromatic nitrogens is 2. The Hall–Kier alpha value is -0.870. The van der Waals surface area contributed by atoms with E-state index in [2.05, 4.69) is 37.4 Å². The molecule has 1 aromatic heterocycles. The number of hydrogen-bond acceptors (Lipinski definition) is 3. The minimum absolute atomic E-state index is 0.338. The third kappa shape index (κ3) is 3.54. The van der Waals surface area contributed by atoms with Crippen molar-refractivity contribution in [2.75, 3.05) is 0 Å². The van der Waals surface area contributed by atoms with E-state index in [1.807, 2.05) is 11.7 Å². The van der Waals surface area contributed by atoms with E-state index in [-0.39, 0.29) is 0 Å². The SMILES string of the molecule is CCc1cc(CC(NN)C(CC)CC)n(C)n1. The highest BCUT2D eigenvalue weighted by Crippen LogP contribution is 2.17. The molecule has 4 nitrogen and oxygen atoms in total. The number of nitrogens with zero attached hydrogens (tertiary/aromatic N) is 2. The van der Waals surface area contributed by atoms with E-state index in [0.717, 1.165) is 31.4 Å². The van der Waals surface area contributed by atoms with Gasteiger partial charge in [-0.3, -0.25) is 16.0 Å². The van der Waals surface area contributed by atoms with Crippen molar-refractivity contribution in [2.45, 2.75) is 52.5 Å². The lowest BCUT2D eigenvalue weighted by Gasteiger charge is -2.24. The van der Waals surface area contributed by atoms with Crippen LogP contribution >= 0.6 is 0 Å². The van der Waals surface area contributed by atoms with Gasteiger partial charge in [-0.1, -0.05) is 33.6 Å². The molecule has 98 valence electrons. The van der Waals surface area contributed by atoms with Gasteiger partial charge < -0.3 is 0 Å². The van der Waals surface area contributed by atoms with Crippen molar-refractivity contribution in [2.24, 2.45) is 18.8 Å². The molecule has 0 saturated carbocycles. The fourth-order valence-corrected chi connectivity index (χ4v) is 2.38. The minimum Gasteiger partial charge on any atom is -0.272 e. The summed E-state index contributed by atoms with van der Waals surface area (Å²) in [6.07, 6.45) is 4.25. The standard InChI is InChI=1S/C13H26N4/c1-5-10(6-2)13(15-14)9-12-8-11(7-3)16-17(12)4/h8,10,13,15H,5-7,9,14H2,1-4H3. The summed E-state index contributed by atoms with van der Waals surface area (Å²) in [4.78, 5) is 0. The summed E-state index contributed by atoms with van der Waals surface area (Å²) in [5.74, 6) is 6.31. The summed E-state index contributed by atoms with van der Waals surface area (Å²) < 4.78 is 1.98. The second-order valence-corrected chi connectivity index (χ2v) is 4.66. The second kappa shape index (κ2) is 6.77. The monoisotopic (exact) mass is 238 g/mol. The van der Waals surface area contributed by atoms with Gasteiger partial charge in [0.15, 0.2) is 0 Å². The van der Waals surface area contributed by atoms with Gasteiger partial charge in [-0.25, -0.2) is 0 Å². The zero-order chi connectivity index (χ0) is 12.8. The number of hydrogen-bond donors (Lipinski definition) is 2. The number of nitrogens with two attached hydrogens (primary N) is 1. The highest BCUT2D eigenvalue weighted by molar-refractivity contribution is 5.11. The molecule has 1 unspecified atom stereocenters. The summed E-state index contributed by atoms with van der Waals surface area (Å²) in [7, 11) is 2.01. The van der Waals surface area contributed by atoms with Crippen molar-refractivity contribution >= 4 is 0 Å². The summed E-state index contributed by atoms with van der Waals surface area (Å²) in [6.45, 7) is 6.57. The van der Waals surface area contributed by atoms with Crippen LogP contribution in [0.1, 0.15) is 45.0 Å². The third-order valence-electron chi connectivity index (χ3n) is 3.65.